The van der Waals surface area contributed by atoms with Gasteiger partial charge in [0.05, 0.1) is 6.54 Å². The number of aliphatic hydroxyl groups excluding tert-OH is 1. The monoisotopic (exact) mass is 292 g/mol. The summed E-state index contributed by atoms with van der Waals surface area (Å²) in [5, 5.41) is 13.3. The smallest absolute Gasteiger partial charge is 0.387 e. The predicted octanol–water partition coefficient (Wildman–Crippen LogP) is 1.61. The molecule has 0 saturated heterocycles. The first-order chi connectivity index (χ1) is 9.54. The fourth-order valence-corrected chi connectivity index (χ4v) is 1.43. The van der Waals surface area contributed by atoms with Crippen LogP contribution in [0.4, 0.5) is 18.0 Å². The fraction of sp³-hybridized carbons (Fsp3) is 0.417. The zero-order chi connectivity index (χ0) is 15.0. The van der Waals surface area contributed by atoms with E-state index in [4.69, 9.17) is 5.11 Å². The molecule has 0 spiro atoms. The van der Waals surface area contributed by atoms with E-state index in [1.165, 1.54) is 12.1 Å². The highest BCUT2D eigenvalue weighted by Crippen LogP contribution is 2.23. The predicted molar refractivity (Wildman–Crippen MR) is 65.0 cm³/mol. The second-order valence-corrected chi connectivity index (χ2v) is 3.78. The maximum absolute atomic E-state index is 13.5. The van der Waals surface area contributed by atoms with Crippen LogP contribution < -0.4 is 15.4 Å². The lowest BCUT2D eigenvalue weighted by molar-refractivity contribution is -0.0506. The molecule has 5 nitrogen and oxygen atoms in total. The first kappa shape index (κ1) is 16.1. The summed E-state index contributed by atoms with van der Waals surface area (Å²) in [7, 11) is 0. The molecule has 8 heteroatoms. The van der Waals surface area contributed by atoms with E-state index in [0.717, 1.165) is 6.07 Å². The van der Waals surface area contributed by atoms with Crippen molar-refractivity contribution in [2.45, 2.75) is 19.6 Å². The molecule has 0 bridgehead atoms. The van der Waals surface area contributed by atoms with Crippen LogP contribution in [-0.4, -0.2) is 30.9 Å². The Morgan fingerprint density at radius 1 is 1.35 bits per heavy atom. The van der Waals surface area contributed by atoms with Crippen molar-refractivity contribution >= 4 is 6.03 Å². The molecule has 0 heterocycles. The second-order valence-electron chi connectivity index (χ2n) is 3.78. The molecule has 0 aliphatic rings. The molecule has 1 aromatic rings. The number of carbonyl (C=O) groups is 1. The SMILES string of the molecule is O=C(NCCCO)NCc1c(F)cccc1OC(F)F. The van der Waals surface area contributed by atoms with Gasteiger partial charge in [-0.15, -0.1) is 0 Å². The first-order valence-electron chi connectivity index (χ1n) is 5.89. The number of aliphatic hydroxyl groups is 1. The van der Waals surface area contributed by atoms with Crippen LogP contribution in [-0.2, 0) is 6.54 Å². The lowest BCUT2D eigenvalue weighted by Crippen LogP contribution is -2.36. The molecule has 112 valence electrons. The van der Waals surface area contributed by atoms with Crippen molar-refractivity contribution in [1.29, 1.82) is 0 Å². The van der Waals surface area contributed by atoms with Crippen molar-refractivity contribution in [2.75, 3.05) is 13.2 Å². The lowest BCUT2D eigenvalue weighted by Gasteiger charge is -2.12. The molecule has 2 amide bonds. The third kappa shape index (κ3) is 5.35. The van der Waals surface area contributed by atoms with Crippen molar-refractivity contribution < 1.29 is 27.8 Å². The molecule has 0 aliphatic heterocycles. The van der Waals surface area contributed by atoms with Gasteiger partial charge in [-0.2, -0.15) is 8.78 Å². The molecule has 1 aromatic carbocycles. The highest BCUT2D eigenvalue weighted by atomic mass is 19.3. The molecular weight excluding hydrogens is 277 g/mol. The van der Waals surface area contributed by atoms with E-state index in [9.17, 15) is 18.0 Å². The number of carbonyl (C=O) groups excluding carboxylic acids is 1. The number of rotatable bonds is 7. The Hall–Kier alpha value is -1.96. The van der Waals surface area contributed by atoms with Crippen molar-refractivity contribution in [3.05, 3.63) is 29.6 Å². The quantitative estimate of drug-likeness (QED) is 0.669. The number of alkyl halides is 2. The molecule has 0 atom stereocenters. The van der Waals surface area contributed by atoms with Crippen LogP contribution in [0, 0.1) is 5.82 Å². The summed E-state index contributed by atoms with van der Waals surface area (Å²) in [6.45, 7) is -3.19. The number of benzene rings is 1. The zero-order valence-corrected chi connectivity index (χ0v) is 10.5. The van der Waals surface area contributed by atoms with E-state index in [1.54, 1.807) is 0 Å². The average molecular weight is 292 g/mol. The molecule has 0 saturated carbocycles. The van der Waals surface area contributed by atoms with Gasteiger partial charge in [0.1, 0.15) is 11.6 Å². The summed E-state index contributed by atoms with van der Waals surface area (Å²) in [5.74, 6) is -1.07. The molecule has 0 aliphatic carbocycles. The van der Waals surface area contributed by atoms with Gasteiger partial charge in [-0.25, -0.2) is 9.18 Å². The van der Waals surface area contributed by atoms with E-state index < -0.39 is 18.5 Å². The largest absolute Gasteiger partial charge is 0.434 e. The van der Waals surface area contributed by atoms with Gasteiger partial charge in [-0.3, -0.25) is 0 Å². The molecule has 0 fully saturated rings. The van der Waals surface area contributed by atoms with Crippen LogP contribution in [0.5, 0.6) is 5.75 Å². The normalized spacial score (nSPS) is 10.4. The number of urea groups is 1. The topological polar surface area (TPSA) is 70.6 Å². The Morgan fingerprint density at radius 2 is 2.10 bits per heavy atom. The number of hydrogen-bond acceptors (Lipinski definition) is 3. The van der Waals surface area contributed by atoms with Gasteiger partial charge >= 0.3 is 12.6 Å². The zero-order valence-electron chi connectivity index (χ0n) is 10.5. The number of hydrogen-bond donors (Lipinski definition) is 3. The minimum atomic E-state index is -3.08. The van der Waals surface area contributed by atoms with Gasteiger partial charge in [0.15, 0.2) is 0 Å². The van der Waals surface area contributed by atoms with Crippen LogP contribution in [0.3, 0.4) is 0 Å². The average Bonchev–Trinajstić information content (AvgIpc) is 2.37. The minimum Gasteiger partial charge on any atom is -0.434 e. The highest BCUT2D eigenvalue weighted by Gasteiger charge is 2.14. The molecule has 0 unspecified atom stereocenters. The Bertz CT molecular complexity index is 444. The summed E-state index contributed by atoms with van der Waals surface area (Å²) in [6.07, 6.45) is 0.382. The highest BCUT2D eigenvalue weighted by molar-refractivity contribution is 5.73. The Morgan fingerprint density at radius 3 is 2.75 bits per heavy atom. The van der Waals surface area contributed by atoms with E-state index in [2.05, 4.69) is 15.4 Å². The maximum atomic E-state index is 13.5. The summed E-state index contributed by atoms with van der Waals surface area (Å²) >= 11 is 0. The molecule has 3 N–H and O–H groups in total. The number of ether oxygens (including phenoxy) is 1. The van der Waals surface area contributed by atoms with E-state index in [1.807, 2.05) is 0 Å². The molecule has 20 heavy (non-hydrogen) atoms. The van der Waals surface area contributed by atoms with Gasteiger partial charge in [-0.05, 0) is 18.6 Å². The number of halogens is 3. The van der Waals surface area contributed by atoms with Gasteiger partial charge in [-0.1, -0.05) is 6.07 Å². The third-order valence-corrected chi connectivity index (χ3v) is 2.34. The lowest BCUT2D eigenvalue weighted by atomic mass is 10.2. The molecule has 0 aromatic heterocycles. The van der Waals surface area contributed by atoms with Crippen LogP contribution in [0.2, 0.25) is 0 Å². The van der Waals surface area contributed by atoms with Crippen molar-refractivity contribution in [1.82, 2.24) is 10.6 Å². The summed E-state index contributed by atoms with van der Waals surface area (Å²) in [6, 6.07) is 2.91. The van der Waals surface area contributed by atoms with Crippen molar-refractivity contribution in [3.63, 3.8) is 0 Å². The molecule has 1 rings (SSSR count). The van der Waals surface area contributed by atoms with Gasteiger partial charge < -0.3 is 20.5 Å². The van der Waals surface area contributed by atoms with Crippen LogP contribution in [0.1, 0.15) is 12.0 Å². The Balaban J connectivity index is 2.60. The minimum absolute atomic E-state index is 0.0695. The number of nitrogens with one attached hydrogen (secondary N) is 2. The second kappa shape index (κ2) is 8.26. The van der Waals surface area contributed by atoms with E-state index >= 15 is 0 Å². The van der Waals surface area contributed by atoms with Crippen LogP contribution in [0.25, 0.3) is 0 Å². The van der Waals surface area contributed by atoms with Gasteiger partial charge in [0.25, 0.3) is 0 Å². The summed E-state index contributed by atoms with van der Waals surface area (Å²) in [5.41, 5.74) is -0.162. The van der Waals surface area contributed by atoms with Crippen molar-refractivity contribution in [2.24, 2.45) is 0 Å². The first-order valence-corrected chi connectivity index (χ1v) is 5.89. The van der Waals surface area contributed by atoms with Crippen molar-refractivity contribution in [3.8, 4) is 5.75 Å². The van der Waals surface area contributed by atoms with E-state index in [-0.39, 0.29) is 31.0 Å². The molecule has 0 radical (unpaired) electrons. The Kier molecular flexibility index (Phi) is 6.65. The molecular formula is C12H15F3N2O3. The van der Waals surface area contributed by atoms with Crippen LogP contribution in [0.15, 0.2) is 18.2 Å². The van der Waals surface area contributed by atoms with Gasteiger partial charge in [0, 0.05) is 18.7 Å². The third-order valence-electron chi connectivity index (χ3n) is 2.34. The Labute approximate surface area is 113 Å². The maximum Gasteiger partial charge on any atom is 0.387 e. The van der Waals surface area contributed by atoms with E-state index in [0.29, 0.717) is 6.42 Å². The number of amides is 2. The summed E-state index contributed by atoms with van der Waals surface area (Å²) < 4.78 is 42.0. The van der Waals surface area contributed by atoms with Crippen LogP contribution >= 0.6 is 0 Å². The van der Waals surface area contributed by atoms with Gasteiger partial charge in [0.2, 0.25) is 0 Å². The standard InChI is InChI=1S/C12H15F3N2O3/c13-9-3-1-4-10(20-11(14)15)8(9)7-17-12(19)16-5-2-6-18/h1,3-4,11,18H,2,5-7H2,(H2,16,17,19). The summed E-state index contributed by atoms with van der Waals surface area (Å²) in [4.78, 5) is 11.3. The fourth-order valence-electron chi connectivity index (χ4n) is 1.43.